The quantitative estimate of drug-likeness (QED) is 0.893. The Morgan fingerprint density at radius 3 is 2.33 bits per heavy atom. The molecule has 0 aliphatic carbocycles. The summed E-state index contributed by atoms with van der Waals surface area (Å²) in [7, 11) is 3.19. The molecule has 0 aliphatic rings. The summed E-state index contributed by atoms with van der Waals surface area (Å²) in [5.74, 6) is 1.35. The molecule has 0 aliphatic heterocycles. The van der Waals surface area contributed by atoms with Gasteiger partial charge in [0, 0.05) is 17.1 Å². The summed E-state index contributed by atoms with van der Waals surface area (Å²) in [6.45, 7) is 0. The van der Waals surface area contributed by atoms with Crippen molar-refractivity contribution in [1.29, 1.82) is 0 Å². The topological polar surface area (TPSA) is 44.5 Å². The van der Waals surface area contributed by atoms with E-state index in [0.717, 1.165) is 16.9 Å². The number of hydrogen-bond acceptors (Lipinski definition) is 3. The van der Waals surface area contributed by atoms with Crippen LogP contribution in [0.1, 0.15) is 17.2 Å². The lowest BCUT2D eigenvalue weighted by Crippen LogP contribution is -2.14. The molecule has 3 nitrogen and oxygen atoms in total. The predicted molar refractivity (Wildman–Crippen MR) is 86.6 cm³/mol. The van der Waals surface area contributed by atoms with Crippen molar-refractivity contribution in [3.8, 4) is 11.5 Å². The standard InChI is InChI=1S/C16H17Cl2NO2/c1-20-15-6-4-3-5-10(15)7-14(19)11-8-13(18)16(21-2)9-12(11)17/h3-6,8-9,14H,7,19H2,1-2H3. The molecule has 0 aromatic heterocycles. The number of halogens is 2. The van der Waals surface area contributed by atoms with Gasteiger partial charge in [-0.05, 0) is 29.7 Å². The fraction of sp³-hybridized carbons (Fsp3) is 0.250. The molecular formula is C16H17Cl2NO2. The van der Waals surface area contributed by atoms with Crippen LogP contribution >= 0.6 is 23.2 Å². The minimum atomic E-state index is -0.280. The van der Waals surface area contributed by atoms with Gasteiger partial charge >= 0.3 is 0 Å². The molecule has 0 fully saturated rings. The van der Waals surface area contributed by atoms with Crippen molar-refractivity contribution >= 4 is 23.2 Å². The normalized spacial score (nSPS) is 12.0. The Labute approximate surface area is 134 Å². The third-order valence-corrected chi connectivity index (χ3v) is 3.93. The van der Waals surface area contributed by atoms with Gasteiger partial charge < -0.3 is 15.2 Å². The van der Waals surface area contributed by atoms with Gasteiger partial charge in [-0.15, -0.1) is 0 Å². The highest BCUT2D eigenvalue weighted by atomic mass is 35.5. The van der Waals surface area contributed by atoms with E-state index in [2.05, 4.69) is 0 Å². The number of ether oxygens (including phenoxy) is 2. The van der Waals surface area contributed by atoms with Crippen molar-refractivity contribution in [2.45, 2.75) is 12.5 Å². The first-order valence-electron chi connectivity index (χ1n) is 6.47. The molecule has 0 amide bonds. The number of rotatable bonds is 5. The second kappa shape index (κ2) is 7.03. The SMILES string of the molecule is COc1cc(Cl)c(C(N)Cc2ccccc2OC)cc1Cl. The minimum absolute atomic E-state index is 0.280. The van der Waals surface area contributed by atoms with Crippen LogP contribution in [0.4, 0.5) is 0 Å². The molecule has 0 radical (unpaired) electrons. The Morgan fingerprint density at radius 1 is 1.00 bits per heavy atom. The number of benzene rings is 2. The molecule has 5 heteroatoms. The highest BCUT2D eigenvalue weighted by Gasteiger charge is 2.16. The maximum Gasteiger partial charge on any atom is 0.138 e. The summed E-state index contributed by atoms with van der Waals surface area (Å²) in [5.41, 5.74) is 8.08. The second-order valence-corrected chi connectivity index (χ2v) is 5.45. The summed E-state index contributed by atoms with van der Waals surface area (Å²) in [6, 6.07) is 10.9. The van der Waals surface area contributed by atoms with Crippen LogP contribution in [0.2, 0.25) is 10.0 Å². The van der Waals surface area contributed by atoms with Gasteiger partial charge in [-0.25, -0.2) is 0 Å². The van der Waals surface area contributed by atoms with Gasteiger partial charge in [-0.3, -0.25) is 0 Å². The first kappa shape index (κ1) is 16.0. The smallest absolute Gasteiger partial charge is 0.138 e. The van der Waals surface area contributed by atoms with Crippen molar-refractivity contribution in [3.05, 3.63) is 57.6 Å². The fourth-order valence-corrected chi connectivity index (χ4v) is 2.75. The summed E-state index contributed by atoms with van der Waals surface area (Å²) in [4.78, 5) is 0. The molecule has 1 unspecified atom stereocenters. The molecule has 2 aromatic rings. The molecule has 0 saturated heterocycles. The van der Waals surface area contributed by atoms with Gasteiger partial charge in [0.25, 0.3) is 0 Å². The van der Waals surface area contributed by atoms with E-state index in [1.165, 1.54) is 0 Å². The van der Waals surface area contributed by atoms with Crippen molar-refractivity contribution in [2.75, 3.05) is 14.2 Å². The summed E-state index contributed by atoms with van der Waals surface area (Å²) >= 11 is 12.4. The first-order valence-corrected chi connectivity index (χ1v) is 7.22. The van der Waals surface area contributed by atoms with E-state index in [0.29, 0.717) is 22.2 Å². The first-order chi connectivity index (χ1) is 10.1. The Kier molecular flexibility index (Phi) is 5.34. The van der Waals surface area contributed by atoms with E-state index in [1.807, 2.05) is 24.3 Å². The average molecular weight is 326 g/mol. The highest BCUT2D eigenvalue weighted by Crippen LogP contribution is 2.35. The Balaban J connectivity index is 2.28. The Morgan fingerprint density at radius 2 is 1.67 bits per heavy atom. The average Bonchev–Trinajstić information content (AvgIpc) is 2.49. The summed E-state index contributed by atoms with van der Waals surface area (Å²) < 4.78 is 10.5. The molecule has 0 spiro atoms. The van der Waals surface area contributed by atoms with Crippen LogP contribution in [0.15, 0.2) is 36.4 Å². The van der Waals surface area contributed by atoms with Crippen molar-refractivity contribution in [3.63, 3.8) is 0 Å². The Hall–Kier alpha value is -1.42. The second-order valence-electron chi connectivity index (χ2n) is 4.63. The van der Waals surface area contributed by atoms with Crippen LogP contribution in [-0.2, 0) is 6.42 Å². The number of nitrogens with two attached hydrogens (primary N) is 1. The Bertz CT molecular complexity index is 632. The van der Waals surface area contributed by atoms with Crippen LogP contribution in [-0.4, -0.2) is 14.2 Å². The molecule has 112 valence electrons. The van der Waals surface area contributed by atoms with E-state index in [4.69, 9.17) is 38.4 Å². The predicted octanol–water partition coefficient (Wildman–Crippen LogP) is 4.25. The summed E-state index contributed by atoms with van der Waals surface area (Å²) in [5, 5.41) is 1.03. The van der Waals surface area contributed by atoms with Gasteiger partial charge in [0.2, 0.25) is 0 Å². The van der Waals surface area contributed by atoms with E-state index in [9.17, 15) is 0 Å². The van der Waals surface area contributed by atoms with Crippen LogP contribution in [0.3, 0.4) is 0 Å². The van der Waals surface area contributed by atoms with E-state index < -0.39 is 0 Å². The largest absolute Gasteiger partial charge is 0.496 e. The fourth-order valence-electron chi connectivity index (χ4n) is 2.20. The number of hydrogen-bond donors (Lipinski definition) is 1. The number of methoxy groups -OCH3 is 2. The van der Waals surface area contributed by atoms with Crippen LogP contribution in [0.25, 0.3) is 0 Å². The molecular weight excluding hydrogens is 309 g/mol. The zero-order valence-corrected chi connectivity index (χ0v) is 13.4. The number of para-hydroxylation sites is 1. The third-order valence-electron chi connectivity index (χ3n) is 3.30. The summed E-state index contributed by atoms with van der Waals surface area (Å²) in [6.07, 6.45) is 0.604. The maximum atomic E-state index is 6.27. The zero-order chi connectivity index (χ0) is 15.4. The third kappa shape index (κ3) is 3.62. The van der Waals surface area contributed by atoms with Gasteiger partial charge in [0.15, 0.2) is 0 Å². The van der Waals surface area contributed by atoms with E-state index in [-0.39, 0.29) is 6.04 Å². The minimum Gasteiger partial charge on any atom is -0.496 e. The van der Waals surface area contributed by atoms with Crippen LogP contribution in [0, 0.1) is 0 Å². The molecule has 0 heterocycles. The molecule has 2 aromatic carbocycles. The lowest BCUT2D eigenvalue weighted by atomic mass is 9.99. The zero-order valence-electron chi connectivity index (χ0n) is 11.9. The maximum absolute atomic E-state index is 6.27. The molecule has 0 saturated carbocycles. The van der Waals surface area contributed by atoms with E-state index >= 15 is 0 Å². The molecule has 21 heavy (non-hydrogen) atoms. The van der Waals surface area contributed by atoms with E-state index in [1.54, 1.807) is 26.4 Å². The lowest BCUT2D eigenvalue weighted by Gasteiger charge is -2.17. The molecule has 0 bridgehead atoms. The van der Waals surface area contributed by atoms with Crippen molar-refractivity contribution in [2.24, 2.45) is 5.73 Å². The monoisotopic (exact) mass is 325 g/mol. The van der Waals surface area contributed by atoms with Crippen LogP contribution < -0.4 is 15.2 Å². The molecule has 1 atom stereocenters. The van der Waals surface area contributed by atoms with Gasteiger partial charge in [-0.2, -0.15) is 0 Å². The van der Waals surface area contributed by atoms with Crippen LogP contribution in [0.5, 0.6) is 11.5 Å². The highest BCUT2D eigenvalue weighted by molar-refractivity contribution is 6.34. The molecule has 2 rings (SSSR count). The van der Waals surface area contributed by atoms with Gasteiger partial charge in [-0.1, -0.05) is 41.4 Å². The molecule has 2 N–H and O–H groups in total. The van der Waals surface area contributed by atoms with Crippen molar-refractivity contribution < 1.29 is 9.47 Å². The van der Waals surface area contributed by atoms with Crippen molar-refractivity contribution in [1.82, 2.24) is 0 Å². The van der Waals surface area contributed by atoms with Gasteiger partial charge in [0.05, 0.1) is 19.2 Å². The van der Waals surface area contributed by atoms with Gasteiger partial charge in [0.1, 0.15) is 11.5 Å². The lowest BCUT2D eigenvalue weighted by molar-refractivity contribution is 0.408.